The first-order valence-corrected chi connectivity index (χ1v) is 8.80. The monoisotopic (exact) mass is 364 g/mol. The van der Waals surface area contributed by atoms with Crippen molar-refractivity contribution in [3.05, 3.63) is 60.3 Å². The van der Waals surface area contributed by atoms with Crippen LogP contribution in [-0.2, 0) is 0 Å². The maximum atomic E-state index is 13.3. The van der Waals surface area contributed by atoms with Crippen molar-refractivity contribution in [2.75, 3.05) is 26.2 Å². The summed E-state index contributed by atoms with van der Waals surface area (Å²) < 4.78 is 26.5. The molecule has 1 atom stereocenters. The molecule has 0 saturated carbocycles. The van der Waals surface area contributed by atoms with Crippen LogP contribution in [0.1, 0.15) is 27.2 Å². The van der Waals surface area contributed by atoms with Crippen molar-refractivity contribution in [1.29, 1.82) is 0 Å². The molecule has 0 aliphatic carbocycles. The Kier molecular flexibility index (Phi) is 5.66. The Hall–Kier alpha value is -2.08. The second-order valence-corrected chi connectivity index (χ2v) is 7.46. The van der Waals surface area contributed by atoms with Gasteiger partial charge < -0.3 is 20.9 Å². The van der Waals surface area contributed by atoms with Crippen LogP contribution in [0.15, 0.2) is 60.3 Å². The molecule has 6 heteroatoms. The molecule has 4 nitrogen and oxygen atoms in total. The molecule has 0 spiro atoms. The molecule has 1 fully saturated rings. The molecule has 0 radical (unpaired) electrons. The van der Waals surface area contributed by atoms with Crippen molar-refractivity contribution in [2.24, 2.45) is 5.73 Å². The van der Waals surface area contributed by atoms with Gasteiger partial charge in [0, 0.05) is 30.2 Å². The van der Waals surface area contributed by atoms with E-state index in [1.165, 1.54) is 0 Å². The minimum Gasteiger partial charge on any atom is -0.379 e. The zero-order valence-electron chi connectivity index (χ0n) is 16.0. The molecule has 2 aliphatic heterocycles. The Morgan fingerprint density at radius 1 is 1.38 bits per heavy atom. The number of rotatable bonds is 8. The van der Waals surface area contributed by atoms with Crippen molar-refractivity contribution in [3.8, 4) is 0 Å². The molecule has 0 amide bonds. The van der Waals surface area contributed by atoms with Gasteiger partial charge in [-0.15, -0.1) is 0 Å². The number of alkyl halides is 2. The Labute approximate surface area is 155 Å². The number of allylic oxidation sites excluding steroid dienone is 4. The van der Waals surface area contributed by atoms with Gasteiger partial charge in [-0.2, -0.15) is 0 Å². The van der Waals surface area contributed by atoms with E-state index in [0.717, 1.165) is 36.6 Å². The molecule has 26 heavy (non-hydrogen) atoms. The summed E-state index contributed by atoms with van der Waals surface area (Å²) in [6.45, 7) is 18.9. The number of hydrogen-bond acceptors (Lipinski definition) is 4. The highest BCUT2D eigenvalue weighted by atomic mass is 19.3. The van der Waals surface area contributed by atoms with Crippen LogP contribution < -0.4 is 11.1 Å². The first kappa shape index (κ1) is 20.2. The smallest absolute Gasteiger partial charge is 0.276 e. The van der Waals surface area contributed by atoms with Gasteiger partial charge in [0.15, 0.2) is 0 Å². The van der Waals surface area contributed by atoms with E-state index in [1.54, 1.807) is 0 Å². The summed E-state index contributed by atoms with van der Waals surface area (Å²) in [6.07, 6.45) is 4.86. The highest BCUT2D eigenvalue weighted by Gasteiger charge is 2.44. The van der Waals surface area contributed by atoms with E-state index < -0.39 is 19.0 Å². The fourth-order valence-electron chi connectivity index (χ4n) is 3.76. The minimum atomic E-state index is -2.96. The summed E-state index contributed by atoms with van der Waals surface area (Å²) in [5, 5.41) is 2.61. The maximum absolute atomic E-state index is 13.3. The van der Waals surface area contributed by atoms with Crippen LogP contribution in [0.4, 0.5) is 8.78 Å². The fourth-order valence-corrected chi connectivity index (χ4v) is 3.76. The molecular formula is C20H30F2N4. The van der Waals surface area contributed by atoms with Crippen LogP contribution in [0, 0.1) is 0 Å². The maximum Gasteiger partial charge on any atom is 0.276 e. The summed E-state index contributed by atoms with van der Waals surface area (Å²) in [5.41, 5.74) is 9.31. The number of halogens is 2. The van der Waals surface area contributed by atoms with E-state index in [1.807, 2.05) is 19.1 Å². The minimum absolute atomic E-state index is 0.0726. The van der Waals surface area contributed by atoms with Crippen molar-refractivity contribution in [2.45, 2.75) is 38.7 Å². The van der Waals surface area contributed by atoms with Gasteiger partial charge in [0.2, 0.25) is 0 Å². The molecule has 2 aliphatic rings. The van der Waals surface area contributed by atoms with Crippen molar-refractivity contribution in [1.82, 2.24) is 15.1 Å². The third-order valence-electron chi connectivity index (χ3n) is 5.11. The average molecular weight is 364 g/mol. The van der Waals surface area contributed by atoms with Gasteiger partial charge in [-0.25, -0.2) is 8.78 Å². The normalized spacial score (nSPS) is 23.0. The summed E-state index contributed by atoms with van der Waals surface area (Å²) in [7, 11) is 0. The quantitative estimate of drug-likeness (QED) is 0.649. The summed E-state index contributed by atoms with van der Waals surface area (Å²) in [4.78, 5) is 4.64. The zero-order valence-corrected chi connectivity index (χ0v) is 16.0. The molecule has 0 aromatic carbocycles. The number of nitrogens with one attached hydrogen (secondary N) is 1. The second-order valence-electron chi connectivity index (χ2n) is 7.46. The Morgan fingerprint density at radius 2 is 2.04 bits per heavy atom. The molecule has 0 aromatic heterocycles. The molecule has 3 N–H and O–H groups in total. The summed E-state index contributed by atoms with van der Waals surface area (Å²) in [6, 6.07) is 0. The molecule has 2 rings (SSSR count). The molecule has 144 valence electrons. The summed E-state index contributed by atoms with van der Waals surface area (Å²) >= 11 is 0. The van der Waals surface area contributed by atoms with E-state index in [2.05, 4.69) is 48.7 Å². The van der Waals surface area contributed by atoms with Crippen molar-refractivity contribution < 1.29 is 8.78 Å². The topological polar surface area (TPSA) is 44.5 Å². The Morgan fingerprint density at radius 3 is 2.62 bits per heavy atom. The van der Waals surface area contributed by atoms with E-state index in [0.29, 0.717) is 11.3 Å². The predicted octanol–water partition coefficient (Wildman–Crippen LogP) is 3.34. The SMILES string of the molecule is C=C(/C=C\C1=C(C)N(C(=C)C)[C@@]2(C)CCN1C2)C(=C)NCC(F)(F)CN. The van der Waals surface area contributed by atoms with Crippen molar-refractivity contribution >= 4 is 0 Å². The van der Waals surface area contributed by atoms with E-state index in [4.69, 9.17) is 5.73 Å². The number of fused-ring (bicyclic) bond motifs is 2. The number of nitrogens with two attached hydrogens (primary N) is 1. The van der Waals surface area contributed by atoms with Gasteiger partial charge in [0.25, 0.3) is 5.92 Å². The third kappa shape index (κ3) is 4.01. The van der Waals surface area contributed by atoms with Gasteiger partial charge in [-0.1, -0.05) is 25.8 Å². The summed E-state index contributed by atoms with van der Waals surface area (Å²) in [5.74, 6) is -2.96. The lowest BCUT2D eigenvalue weighted by Gasteiger charge is -2.45. The highest BCUT2D eigenvalue weighted by Crippen LogP contribution is 2.41. The van der Waals surface area contributed by atoms with Crippen LogP contribution in [0.5, 0.6) is 0 Å². The lowest BCUT2D eigenvalue weighted by molar-refractivity contribution is 0.0144. The molecule has 2 bridgehead atoms. The molecule has 0 aromatic rings. The number of nitrogens with zero attached hydrogens (tertiary/aromatic N) is 2. The van der Waals surface area contributed by atoms with Gasteiger partial charge in [0.05, 0.1) is 24.3 Å². The Balaban J connectivity index is 2.12. The first-order valence-electron chi connectivity index (χ1n) is 8.80. The molecule has 2 heterocycles. The lowest BCUT2D eigenvalue weighted by Crippen LogP contribution is -2.49. The second kappa shape index (κ2) is 7.27. The van der Waals surface area contributed by atoms with Crippen LogP contribution in [0.3, 0.4) is 0 Å². The lowest BCUT2D eigenvalue weighted by atomic mass is 9.95. The van der Waals surface area contributed by atoms with Crippen LogP contribution >= 0.6 is 0 Å². The number of hydrogen-bond donors (Lipinski definition) is 2. The zero-order chi connectivity index (χ0) is 19.7. The van der Waals surface area contributed by atoms with Gasteiger partial charge in [0.1, 0.15) is 0 Å². The van der Waals surface area contributed by atoms with Crippen LogP contribution in [0.2, 0.25) is 0 Å². The standard InChI is InChI=1S/C20H30F2N4/c1-14(2)26-17(5)18(25-10-9-19(26,6)13-25)8-7-15(3)16(4)24-12-20(21,22)11-23/h7-8,24H,1,3-4,9-13,23H2,2,5-6H3/b8-7-/t19-/m0/s1. The van der Waals surface area contributed by atoms with E-state index >= 15 is 0 Å². The average Bonchev–Trinajstić information content (AvgIpc) is 2.90. The first-order chi connectivity index (χ1) is 12.0. The van der Waals surface area contributed by atoms with Gasteiger partial charge >= 0.3 is 0 Å². The largest absolute Gasteiger partial charge is 0.379 e. The van der Waals surface area contributed by atoms with E-state index in [-0.39, 0.29) is 5.54 Å². The molecule has 1 saturated heterocycles. The van der Waals surface area contributed by atoms with Crippen molar-refractivity contribution in [3.63, 3.8) is 0 Å². The molecule has 0 unspecified atom stereocenters. The van der Waals surface area contributed by atoms with E-state index in [9.17, 15) is 8.78 Å². The third-order valence-corrected chi connectivity index (χ3v) is 5.11. The van der Waals surface area contributed by atoms with Crippen LogP contribution in [-0.4, -0.2) is 47.4 Å². The van der Waals surface area contributed by atoms with Gasteiger partial charge in [-0.05, 0) is 38.8 Å². The van der Waals surface area contributed by atoms with Crippen LogP contribution in [0.25, 0.3) is 0 Å². The highest BCUT2D eigenvalue weighted by molar-refractivity contribution is 5.40. The fraction of sp³-hybridized carbons (Fsp3) is 0.500. The van der Waals surface area contributed by atoms with Gasteiger partial charge in [-0.3, -0.25) is 0 Å². The Bertz CT molecular complexity index is 677. The predicted molar refractivity (Wildman–Crippen MR) is 103 cm³/mol. The molecular weight excluding hydrogens is 334 g/mol.